The van der Waals surface area contributed by atoms with E-state index in [-0.39, 0.29) is 22.6 Å². The number of nitrogens with zero attached hydrogens (tertiary/aromatic N) is 2. The summed E-state index contributed by atoms with van der Waals surface area (Å²) in [5, 5.41) is 9.10. The van der Waals surface area contributed by atoms with Gasteiger partial charge in [0.15, 0.2) is 0 Å². The minimum absolute atomic E-state index is 0.0892. The highest BCUT2D eigenvalue weighted by molar-refractivity contribution is 9.10. The van der Waals surface area contributed by atoms with E-state index in [1.165, 1.54) is 40.2 Å². The van der Waals surface area contributed by atoms with E-state index in [9.17, 15) is 19.2 Å². The van der Waals surface area contributed by atoms with Crippen molar-refractivity contribution < 1.29 is 23.9 Å². The quantitative estimate of drug-likeness (QED) is 0.114. The van der Waals surface area contributed by atoms with Gasteiger partial charge in [-0.05, 0) is 91.8 Å². The highest BCUT2D eigenvalue weighted by Gasteiger charge is 2.45. The Bertz CT molecular complexity index is 3380. The normalized spacial score (nSPS) is 14.6. The number of hydrogen-bond acceptors (Lipinski definition) is 8. The van der Waals surface area contributed by atoms with Crippen molar-refractivity contribution in [1.82, 2.24) is 4.90 Å². The number of halogens is 2. The van der Waals surface area contributed by atoms with Gasteiger partial charge in [-0.3, -0.25) is 14.5 Å². The van der Waals surface area contributed by atoms with Crippen LogP contribution >= 0.6 is 31.9 Å². The number of nitriles is 1. The van der Waals surface area contributed by atoms with Gasteiger partial charge in [0, 0.05) is 212 Å². The van der Waals surface area contributed by atoms with Gasteiger partial charge in [0.25, 0.3) is 11.8 Å². The van der Waals surface area contributed by atoms with E-state index in [1.54, 1.807) is 199 Å². The zero-order valence-electron chi connectivity index (χ0n) is 34.0. The summed E-state index contributed by atoms with van der Waals surface area (Å²) in [5.41, 5.74) is 3.91. The van der Waals surface area contributed by atoms with Crippen molar-refractivity contribution in [3.8, 4) is 6.07 Å². The van der Waals surface area contributed by atoms with E-state index in [4.69, 9.17) is 27.6 Å². The van der Waals surface area contributed by atoms with Gasteiger partial charge in [-0.25, -0.2) is 9.59 Å². The van der Waals surface area contributed by atoms with Crippen LogP contribution in [0.5, 0.6) is 0 Å². The van der Waals surface area contributed by atoms with Crippen LogP contribution in [0.25, 0.3) is 0 Å². The van der Waals surface area contributed by atoms with E-state index in [0.717, 1.165) is 41.0 Å². The smallest absolute Gasteiger partial charge is 0.346 e. The Morgan fingerprint density at radius 2 is 0.838 bits per heavy atom. The molecule has 0 aromatic heterocycles. The Morgan fingerprint density at radius 1 is 0.500 bits per heavy atom. The molecule has 0 unspecified atom stereocenters. The third kappa shape index (κ3) is 18.3. The second-order valence-electron chi connectivity index (χ2n) is 13.5. The number of fused-ring (bicyclic) bond motifs is 2. The number of hydrogen-bond donors (Lipinski definition) is 0. The fraction of sp³-hybridized carbons (Fsp3) is 0.237. The molecule has 2 heterocycles. The van der Waals surface area contributed by atoms with E-state index in [1.807, 2.05) is 36.4 Å². The molecule has 8 rings (SSSR count). The first kappa shape index (κ1) is 59.1. The van der Waals surface area contributed by atoms with Crippen LogP contribution in [-0.4, -0.2) is 35.2 Å². The van der Waals surface area contributed by atoms with Crippen LogP contribution in [0.15, 0.2) is 106 Å². The Hall–Kier alpha value is 0.230. The van der Waals surface area contributed by atoms with Gasteiger partial charge < -0.3 is 4.74 Å². The van der Waals surface area contributed by atoms with Crippen LogP contribution in [0.2, 0.25) is 0 Å². The van der Waals surface area contributed by atoms with Gasteiger partial charge in [0.1, 0.15) is 0 Å². The molecule has 4 aromatic carbocycles. The summed E-state index contributed by atoms with van der Waals surface area (Å²) >= 11 is 16.4. The van der Waals surface area contributed by atoms with Crippen molar-refractivity contribution in [2.45, 2.75) is 49.4 Å². The molecule has 0 radical (unpaired) electrons. The Kier molecular flexibility index (Phi) is 28.3. The molecule has 0 atom stereocenters. The molecule has 4 aliphatic rings. The predicted molar refractivity (Wildman–Crippen MR) is 338 cm³/mol. The summed E-state index contributed by atoms with van der Waals surface area (Å²) in [5.74, 6) is -1.42. The van der Waals surface area contributed by atoms with Crippen molar-refractivity contribution in [2.24, 2.45) is 0 Å². The number of amides is 2. The van der Waals surface area contributed by atoms with E-state index < -0.39 is 11.9 Å². The number of rotatable bonds is 4. The standard InChI is InChI=1S/C19H16BrNO2.C11H10BrN.C8H4O3.S21/c20-14-8-6-13(7-9-14)19(10-3-11-19)12-21-17(22)15-4-1-2-5-16(15)18(21)23;12-10-4-2-9(3-5-10)11(8-13)6-1-7-11;9-7-5-3-1-2-4-6(5)8(10)11-7;1-3-5-7-9-11-13-15-17-19-21-20-18-16-14-12-10-8-6-4-2/h1-2,4-9H,3,10-12H2;2-5H,1,6-7H2;1-4H;. The fourth-order valence-corrected chi connectivity index (χ4v) is 53.8. The van der Waals surface area contributed by atoms with E-state index >= 15 is 0 Å². The number of esters is 2. The average Bonchev–Trinajstić information content (AvgIpc) is 3.75. The lowest BCUT2D eigenvalue weighted by molar-refractivity contribution is 0.0441. The summed E-state index contributed by atoms with van der Waals surface area (Å²) in [7, 11) is 32.6. The van der Waals surface area contributed by atoms with Gasteiger partial charge >= 0.3 is 11.9 Å². The van der Waals surface area contributed by atoms with E-state index in [0.29, 0.717) is 28.8 Å². The molecule has 0 saturated heterocycles. The molecule has 0 spiro atoms. The number of ether oxygens (including phenoxy) is 1. The minimum atomic E-state index is -0.550. The maximum atomic E-state index is 12.6. The second-order valence-corrected chi connectivity index (χ2v) is 48.9. The number of carbonyl (C=O) groups is 4. The molecule has 362 valence electrons. The van der Waals surface area contributed by atoms with Crippen molar-refractivity contribution >= 4 is 247 Å². The second kappa shape index (κ2) is 32.5. The Balaban J connectivity index is 0.000000176. The molecule has 4 aromatic rings. The summed E-state index contributed by atoms with van der Waals surface area (Å²) in [4.78, 5) is 48.3. The summed E-state index contributed by atoms with van der Waals surface area (Å²) in [6.07, 6.45) is 6.39. The Morgan fingerprint density at radius 3 is 1.15 bits per heavy atom. The molecule has 30 heteroatoms. The fourth-order valence-electron chi connectivity index (χ4n) is 6.62. The maximum absolute atomic E-state index is 12.6. The average molecular weight is 1430 g/mol. The third-order valence-corrected chi connectivity index (χ3v) is 51.0. The lowest BCUT2D eigenvalue weighted by Gasteiger charge is -2.44. The number of cyclic esters (lactones) is 2. The van der Waals surface area contributed by atoms with Crippen LogP contribution in [0, 0.1) is 11.3 Å². The number of benzene rings is 4. The first-order valence-corrected chi connectivity index (χ1v) is 47.0. The zero-order valence-corrected chi connectivity index (χ0v) is 54.3. The highest BCUT2D eigenvalue weighted by atomic mass is 79.9. The Labute approximate surface area is 474 Å². The van der Waals surface area contributed by atoms with Crippen molar-refractivity contribution in [1.29, 1.82) is 5.26 Å². The summed E-state index contributed by atoms with van der Waals surface area (Å²) in [6.45, 7) is 0.473. The molecule has 0 bridgehead atoms. The first-order valence-electron chi connectivity index (χ1n) is 18.7. The molecular weight excluding hydrogens is 1400 g/mol. The molecular formula is C38H30Br2N2O5S21. The highest BCUT2D eigenvalue weighted by Crippen LogP contribution is 2.46. The van der Waals surface area contributed by atoms with Gasteiger partial charge in [-0.2, -0.15) is 5.26 Å². The topological polar surface area (TPSA) is 105 Å². The van der Waals surface area contributed by atoms with Gasteiger partial charge in [0.2, 0.25) is 0 Å². The van der Waals surface area contributed by atoms with Crippen LogP contribution in [0.4, 0.5) is 0 Å². The van der Waals surface area contributed by atoms with Crippen molar-refractivity contribution in [3.63, 3.8) is 0 Å². The summed E-state index contributed by atoms with van der Waals surface area (Å²) in [6, 6.07) is 32.4. The molecule has 2 aliphatic carbocycles. The first-order chi connectivity index (χ1) is 33.1. The van der Waals surface area contributed by atoms with E-state index in [2.05, 4.69) is 54.8 Å². The predicted octanol–water partition coefficient (Wildman–Crippen LogP) is 8.51. The molecule has 2 aliphatic heterocycles. The third-order valence-electron chi connectivity index (χ3n) is 9.98. The molecule has 0 N–H and O–H groups in total. The molecule has 68 heavy (non-hydrogen) atoms. The van der Waals surface area contributed by atoms with Crippen LogP contribution < -0.4 is 0 Å². The number of carbonyl (C=O) groups excluding carboxylic acids is 4. The molecule has 2 amide bonds. The summed E-state index contributed by atoms with van der Waals surface area (Å²) < 4.78 is 6.47. The van der Waals surface area contributed by atoms with Gasteiger partial charge in [0.05, 0.1) is 33.7 Å². The van der Waals surface area contributed by atoms with Crippen LogP contribution in [-0.2, 0) is 207 Å². The van der Waals surface area contributed by atoms with Crippen molar-refractivity contribution in [3.05, 3.63) is 139 Å². The lowest BCUT2D eigenvalue weighted by atomic mass is 9.64. The monoisotopic (exact) mass is 1420 g/mol. The number of imide groups is 1. The lowest BCUT2D eigenvalue weighted by Crippen LogP contribution is -2.47. The van der Waals surface area contributed by atoms with Gasteiger partial charge in [-0.15, -0.1) is 0 Å². The van der Waals surface area contributed by atoms with Crippen LogP contribution in [0.3, 0.4) is 0 Å². The van der Waals surface area contributed by atoms with Gasteiger partial charge in [-0.1, -0.05) is 86.8 Å². The minimum Gasteiger partial charge on any atom is -0.386 e. The molecule has 2 fully saturated rings. The van der Waals surface area contributed by atoms with Crippen molar-refractivity contribution in [2.75, 3.05) is 6.54 Å². The largest absolute Gasteiger partial charge is 0.386 e. The van der Waals surface area contributed by atoms with Crippen LogP contribution in [0.1, 0.15) is 91.1 Å². The SMILES string of the molecule is N#CC1(c2ccc(Br)cc2)CCC1.O=C1OC(=O)c2ccccc21.O=C1c2ccccc2C(=O)N1CC1(c2ccc(Br)cc2)CCC1.S=S=S=S=S=S=S=S=S=S=S=S=S=S=S=S=S=S=S=S=S. The molecule has 7 nitrogen and oxygen atoms in total. The maximum Gasteiger partial charge on any atom is 0.346 e. The molecule has 2 saturated carbocycles. The zero-order chi connectivity index (χ0) is 48.6.